The van der Waals surface area contributed by atoms with Crippen LogP contribution in [-0.2, 0) is 13.0 Å². The highest BCUT2D eigenvalue weighted by molar-refractivity contribution is 5.37. The topological polar surface area (TPSA) is 21.3 Å². The molecule has 76 valence electrons. The van der Waals surface area contributed by atoms with Crippen LogP contribution in [0.3, 0.4) is 0 Å². The SMILES string of the molecule is CNCc1ccc2c(c1)CCCCO2. The van der Waals surface area contributed by atoms with Gasteiger partial charge in [0.25, 0.3) is 0 Å². The van der Waals surface area contributed by atoms with E-state index in [0.717, 1.165) is 25.3 Å². The first-order valence-corrected chi connectivity index (χ1v) is 5.29. The second-order valence-corrected chi connectivity index (χ2v) is 3.78. The fourth-order valence-corrected chi connectivity index (χ4v) is 1.88. The number of hydrogen-bond donors (Lipinski definition) is 1. The minimum Gasteiger partial charge on any atom is -0.493 e. The van der Waals surface area contributed by atoms with E-state index in [-0.39, 0.29) is 0 Å². The maximum atomic E-state index is 5.66. The third-order valence-electron chi connectivity index (χ3n) is 2.60. The molecule has 0 unspecified atom stereocenters. The van der Waals surface area contributed by atoms with Gasteiger partial charge in [-0.05, 0) is 43.5 Å². The molecule has 1 aliphatic heterocycles. The van der Waals surface area contributed by atoms with Crippen molar-refractivity contribution in [2.24, 2.45) is 0 Å². The van der Waals surface area contributed by atoms with Gasteiger partial charge in [-0.15, -0.1) is 0 Å². The first-order valence-electron chi connectivity index (χ1n) is 5.29. The van der Waals surface area contributed by atoms with Gasteiger partial charge in [0.05, 0.1) is 6.61 Å². The van der Waals surface area contributed by atoms with Gasteiger partial charge >= 0.3 is 0 Å². The van der Waals surface area contributed by atoms with Crippen LogP contribution in [0.15, 0.2) is 18.2 Å². The number of ether oxygens (including phenoxy) is 1. The average Bonchev–Trinajstić information content (AvgIpc) is 2.42. The Labute approximate surface area is 85.3 Å². The van der Waals surface area contributed by atoms with Gasteiger partial charge in [0.1, 0.15) is 5.75 Å². The first kappa shape index (κ1) is 9.53. The van der Waals surface area contributed by atoms with Crippen molar-refractivity contribution in [3.8, 4) is 5.75 Å². The first-order chi connectivity index (χ1) is 6.90. The molecule has 0 atom stereocenters. The summed E-state index contributed by atoms with van der Waals surface area (Å²) in [7, 11) is 1.97. The number of rotatable bonds is 2. The summed E-state index contributed by atoms with van der Waals surface area (Å²) in [6.07, 6.45) is 3.58. The van der Waals surface area contributed by atoms with E-state index in [2.05, 4.69) is 23.5 Å². The highest BCUT2D eigenvalue weighted by Crippen LogP contribution is 2.24. The Bertz CT molecular complexity index is 309. The summed E-state index contributed by atoms with van der Waals surface area (Å²) in [6.45, 7) is 1.81. The van der Waals surface area contributed by atoms with E-state index in [1.165, 1.54) is 24.0 Å². The molecule has 2 heteroatoms. The van der Waals surface area contributed by atoms with Crippen molar-refractivity contribution < 1.29 is 4.74 Å². The highest BCUT2D eigenvalue weighted by Gasteiger charge is 2.08. The molecule has 1 aromatic carbocycles. The van der Waals surface area contributed by atoms with Crippen molar-refractivity contribution >= 4 is 0 Å². The second-order valence-electron chi connectivity index (χ2n) is 3.78. The van der Waals surface area contributed by atoms with Gasteiger partial charge in [-0.25, -0.2) is 0 Å². The zero-order valence-corrected chi connectivity index (χ0v) is 8.68. The lowest BCUT2D eigenvalue weighted by atomic mass is 10.1. The van der Waals surface area contributed by atoms with Crippen LogP contribution < -0.4 is 10.1 Å². The molecule has 0 bridgehead atoms. The lowest BCUT2D eigenvalue weighted by molar-refractivity contribution is 0.317. The Hall–Kier alpha value is -1.02. The Morgan fingerprint density at radius 2 is 2.29 bits per heavy atom. The highest BCUT2D eigenvalue weighted by atomic mass is 16.5. The van der Waals surface area contributed by atoms with E-state index in [9.17, 15) is 0 Å². The summed E-state index contributed by atoms with van der Waals surface area (Å²) in [4.78, 5) is 0. The maximum Gasteiger partial charge on any atom is 0.122 e. The molecule has 2 rings (SSSR count). The van der Waals surface area contributed by atoms with E-state index >= 15 is 0 Å². The van der Waals surface area contributed by atoms with Gasteiger partial charge in [-0.1, -0.05) is 12.1 Å². The molecule has 1 N–H and O–H groups in total. The van der Waals surface area contributed by atoms with Crippen LogP contribution in [0.4, 0.5) is 0 Å². The van der Waals surface area contributed by atoms with E-state index in [0.29, 0.717) is 0 Å². The molecule has 0 amide bonds. The Morgan fingerprint density at radius 1 is 1.36 bits per heavy atom. The Balaban J connectivity index is 2.23. The van der Waals surface area contributed by atoms with Crippen LogP contribution in [0.1, 0.15) is 24.0 Å². The number of benzene rings is 1. The molecule has 1 heterocycles. The smallest absolute Gasteiger partial charge is 0.122 e. The molecule has 0 saturated carbocycles. The molecule has 0 spiro atoms. The molecule has 1 aromatic rings. The molecule has 0 saturated heterocycles. The lowest BCUT2D eigenvalue weighted by Gasteiger charge is -2.08. The predicted molar refractivity (Wildman–Crippen MR) is 57.6 cm³/mol. The van der Waals surface area contributed by atoms with Gasteiger partial charge in [-0.3, -0.25) is 0 Å². The summed E-state index contributed by atoms with van der Waals surface area (Å²) in [5.74, 6) is 1.09. The normalized spacial score (nSPS) is 15.5. The third-order valence-corrected chi connectivity index (χ3v) is 2.60. The summed E-state index contributed by atoms with van der Waals surface area (Å²) in [5, 5.41) is 3.17. The molecule has 0 radical (unpaired) electrons. The van der Waals surface area contributed by atoms with Crippen molar-refractivity contribution in [1.82, 2.24) is 5.32 Å². The minimum atomic E-state index is 0.873. The van der Waals surface area contributed by atoms with Crippen LogP contribution in [0.5, 0.6) is 5.75 Å². The molecule has 2 nitrogen and oxygen atoms in total. The fourth-order valence-electron chi connectivity index (χ4n) is 1.88. The van der Waals surface area contributed by atoms with Crippen molar-refractivity contribution in [2.75, 3.05) is 13.7 Å². The van der Waals surface area contributed by atoms with Crippen LogP contribution in [0.25, 0.3) is 0 Å². The van der Waals surface area contributed by atoms with Crippen LogP contribution >= 0.6 is 0 Å². The Morgan fingerprint density at radius 3 is 3.14 bits per heavy atom. The van der Waals surface area contributed by atoms with Crippen molar-refractivity contribution in [3.63, 3.8) is 0 Å². The summed E-state index contributed by atoms with van der Waals surface area (Å²) < 4.78 is 5.66. The standard InChI is InChI=1S/C12H17NO/c1-13-9-10-5-6-12-11(8-10)4-2-3-7-14-12/h5-6,8,13H,2-4,7,9H2,1H3. The minimum absolute atomic E-state index is 0.873. The van der Waals surface area contributed by atoms with Crippen molar-refractivity contribution in [1.29, 1.82) is 0 Å². The zero-order chi connectivity index (χ0) is 9.80. The molecule has 0 aromatic heterocycles. The summed E-state index contributed by atoms with van der Waals surface area (Å²) in [6, 6.07) is 6.51. The zero-order valence-electron chi connectivity index (χ0n) is 8.68. The number of nitrogens with one attached hydrogen (secondary N) is 1. The number of fused-ring (bicyclic) bond motifs is 1. The number of hydrogen-bond acceptors (Lipinski definition) is 2. The third kappa shape index (κ3) is 2.07. The molecule has 0 fully saturated rings. The quantitative estimate of drug-likeness (QED) is 0.773. The van der Waals surface area contributed by atoms with E-state index in [4.69, 9.17) is 4.74 Å². The van der Waals surface area contributed by atoms with Crippen LogP contribution in [0, 0.1) is 0 Å². The summed E-state index contributed by atoms with van der Waals surface area (Å²) in [5.41, 5.74) is 2.71. The average molecular weight is 191 g/mol. The van der Waals surface area contributed by atoms with Gasteiger partial charge in [0, 0.05) is 6.54 Å². The maximum absolute atomic E-state index is 5.66. The Kier molecular flexibility index (Phi) is 3.04. The van der Waals surface area contributed by atoms with Crippen LogP contribution in [0.2, 0.25) is 0 Å². The molecular weight excluding hydrogens is 174 g/mol. The predicted octanol–water partition coefficient (Wildman–Crippen LogP) is 2.12. The fraction of sp³-hybridized carbons (Fsp3) is 0.500. The second kappa shape index (κ2) is 4.47. The monoisotopic (exact) mass is 191 g/mol. The van der Waals surface area contributed by atoms with E-state index < -0.39 is 0 Å². The summed E-state index contributed by atoms with van der Waals surface area (Å²) >= 11 is 0. The largest absolute Gasteiger partial charge is 0.493 e. The van der Waals surface area contributed by atoms with Gasteiger partial charge in [-0.2, -0.15) is 0 Å². The lowest BCUT2D eigenvalue weighted by Crippen LogP contribution is -2.05. The molecule has 14 heavy (non-hydrogen) atoms. The van der Waals surface area contributed by atoms with Crippen molar-refractivity contribution in [2.45, 2.75) is 25.8 Å². The van der Waals surface area contributed by atoms with Crippen LogP contribution in [-0.4, -0.2) is 13.7 Å². The van der Waals surface area contributed by atoms with Gasteiger partial charge in [0.15, 0.2) is 0 Å². The van der Waals surface area contributed by atoms with E-state index in [1.54, 1.807) is 0 Å². The van der Waals surface area contributed by atoms with Gasteiger partial charge in [0.2, 0.25) is 0 Å². The van der Waals surface area contributed by atoms with Crippen molar-refractivity contribution in [3.05, 3.63) is 29.3 Å². The molecule has 1 aliphatic rings. The molecule has 0 aliphatic carbocycles. The molecular formula is C12H17NO. The van der Waals surface area contributed by atoms with Gasteiger partial charge < -0.3 is 10.1 Å². The number of aryl methyl sites for hydroxylation is 1. The van der Waals surface area contributed by atoms with E-state index in [1.807, 2.05) is 7.05 Å².